The smallest absolute Gasteiger partial charge is 0.322 e. The standard InChI is InChI=1S/C16H17N3O3/c1-9-2-3-10-7-19(13(20)12(10)6-9)8-16(11-4-5-11)14(21)17-15(22)18-16/h2-3,6-7,11,20H,4-5,8H2,1H3,(H2,17,18,21,22). The highest BCUT2D eigenvalue weighted by Gasteiger charge is 2.56. The molecule has 4 rings (SSSR count). The number of fused-ring (bicyclic) bond motifs is 1. The fraction of sp³-hybridized carbons (Fsp3) is 0.375. The van der Waals surface area contributed by atoms with E-state index >= 15 is 0 Å². The first-order valence-corrected chi connectivity index (χ1v) is 7.42. The van der Waals surface area contributed by atoms with Crippen molar-refractivity contribution in [1.29, 1.82) is 0 Å². The Morgan fingerprint density at radius 3 is 2.77 bits per heavy atom. The molecule has 2 aliphatic rings. The number of nitrogens with one attached hydrogen (secondary N) is 2. The van der Waals surface area contributed by atoms with Crippen LogP contribution in [-0.2, 0) is 11.3 Å². The van der Waals surface area contributed by atoms with Crippen molar-refractivity contribution >= 4 is 22.7 Å². The molecule has 22 heavy (non-hydrogen) atoms. The lowest BCUT2D eigenvalue weighted by Gasteiger charge is -2.26. The van der Waals surface area contributed by atoms with E-state index in [9.17, 15) is 14.7 Å². The van der Waals surface area contributed by atoms with Crippen molar-refractivity contribution < 1.29 is 14.7 Å². The highest BCUT2D eigenvalue weighted by Crippen LogP contribution is 2.43. The Hall–Kier alpha value is -2.50. The van der Waals surface area contributed by atoms with Crippen LogP contribution in [0, 0.1) is 12.8 Å². The van der Waals surface area contributed by atoms with E-state index in [-0.39, 0.29) is 24.2 Å². The number of nitrogens with zero attached hydrogens (tertiary/aromatic N) is 1. The van der Waals surface area contributed by atoms with Crippen LogP contribution in [0.5, 0.6) is 5.88 Å². The van der Waals surface area contributed by atoms with E-state index in [1.54, 1.807) is 4.57 Å². The van der Waals surface area contributed by atoms with Gasteiger partial charge in [-0.2, -0.15) is 0 Å². The van der Waals surface area contributed by atoms with E-state index in [0.717, 1.165) is 29.2 Å². The molecule has 1 atom stereocenters. The Kier molecular flexibility index (Phi) is 2.55. The predicted octanol–water partition coefficient (Wildman–Crippen LogP) is 1.64. The van der Waals surface area contributed by atoms with Crippen LogP contribution in [0.4, 0.5) is 4.79 Å². The second-order valence-corrected chi connectivity index (χ2v) is 6.33. The van der Waals surface area contributed by atoms with E-state index in [4.69, 9.17) is 0 Å². The van der Waals surface area contributed by atoms with Gasteiger partial charge < -0.3 is 15.0 Å². The van der Waals surface area contributed by atoms with Gasteiger partial charge in [-0.15, -0.1) is 0 Å². The summed E-state index contributed by atoms with van der Waals surface area (Å²) in [6, 6.07) is 5.38. The SMILES string of the molecule is Cc1ccc2cn(CC3(C4CC4)NC(=O)NC3=O)c(O)c2c1. The van der Waals surface area contributed by atoms with Crippen LogP contribution < -0.4 is 10.6 Å². The molecule has 1 aromatic carbocycles. The molecule has 6 heteroatoms. The van der Waals surface area contributed by atoms with Crippen molar-refractivity contribution in [2.75, 3.05) is 0 Å². The molecule has 114 valence electrons. The molecule has 3 N–H and O–H groups in total. The highest BCUT2D eigenvalue weighted by molar-refractivity contribution is 6.07. The number of benzene rings is 1. The third kappa shape index (κ3) is 1.80. The molecule has 1 saturated carbocycles. The number of aromatic nitrogens is 1. The number of carbonyl (C=O) groups is 2. The first kappa shape index (κ1) is 13.2. The molecule has 2 aromatic rings. The largest absolute Gasteiger partial charge is 0.494 e. The molecule has 0 radical (unpaired) electrons. The van der Waals surface area contributed by atoms with Gasteiger partial charge in [0, 0.05) is 17.0 Å². The average molecular weight is 299 g/mol. The first-order chi connectivity index (χ1) is 10.5. The van der Waals surface area contributed by atoms with Crippen LogP contribution >= 0.6 is 0 Å². The van der Waals surface area contributed by atoms with Crippen molar-refractivity contribution in [2.45, 2.75) is 31.8 Å². The summed E-state index contributed by atoms with van der Waals surface area (Å²) in [5.74, 6) is -0.0355. The number of rotatable bonds is 3. The van der Waals surface area contributed by atoms with Crippen LogP contribution in [0.25, 0.3) is 10.8 Å². The number of amides is 3. The van der Waals surface area contributed by atoms with Gasteiger partial charge in [-0.1, -0.05) is 17.7 Å². The van der Waals surface area contributed by atoms with Crippen LogP contribution in [0.1, 0.15) is 18.4 Å². The summed E-state index contributed by atoms with van der Waals surface area (Å²) in [5.41, 5.74) is 0.114. The summed E-state index contributed by atoms with van der Waals surface area (Å²) in [7, 11) is 0. The van der Waals surface area contributed by atoms with Crippen molar-refractivity contribution in [3.8, 4) is 5.88 Å². The van der Waals surface area contributed by atoms with Crippen LogP contribution in [-0.4, -0.2) is 27.2 Å². The molecule has 3 amide bonds. The molecular weight excluding hydrogens is 282 g/mol. The number of aromatic hydroxyl groups is 1. The van der Waals surface area contributed by atoms with Gasteiger partial charge in [0.2, 0.25) is 0 Å². The molecule has 0 bridgehead atoms. The minimum Gasteiger partial charge on any atom is -0.494 e. The van der Waals surface area contributed by atoms with Crippen molar-refractivity contribution in [3.05, 3.63) is 30.0 Å². The van der Waals surface area contributed by atoms with Gasteiger partial charge in [0.25, 0.3) is 5.91 Å². The summed E-state index contributed by atoms with van der Waals surface area (Å²) >= 11 is 0. The Bertz CT molecular complexity index is 806. The van der Waals surface area contributed by atoms with Gasteiger partial charge in [-0.3, -0.25) is 10.1 Å². The maximum atomic E-state index is 12.3. The minimum atomic E-state index is -0.946. The molecule has 1 aliphatic heterocycles. The number of imide groups is 1. The molecule has 1 unspecified atom stereocenters. The second-order valence-electron chi connectivity index (χ2n) is 6.33. The Labute approximate surface area is 127 Å². The average Bonchev–Trinajstić information content (AvgIpc) is 3.22. The summed E-state index contributed by atoms with van der Waals surface area (Å²) in [4.78, 5) is 23.9. The fourth-order valence-electron chi connectivity index (χ4n) is 3.36. The molecule has 1 saturated heterocycles. The topological polar surface area (TPSA) is 83.4 Å². The van der Waals surface area contributed by atoms with Gasteiger partial charge in [0.1, 0.15) is 5.54 Å². The van der Waals surface area contributed by atoms with E-state index in [2.05, 4.69) is 10.6 Å². The molecule has 1 aliphatic carbocycles. The van der Waals surface area contributed by atoms with Crippen molar-refractivity contribution in [2.24, 2.45) is 5.92 Å². The number of hydrogen-bond acceptors (Lipinski definition) is 3. The fourth-order valence-corrected chi connectivity index (χ4v) is 3.36. The van der Waals surface area contributed by atoms with Crippen molar-refractivity contribution in [3.63, 3.8) is 0 Å². The first-order valence-electron chi connectivity index (χ1n) is 7.42. The van der Waals surface area contributed by atoms with Crippen LogP contribution in [0.2, 0.25) is 0 Å². The van der Waals surface area contributed by atoms with Gasteiger partial charge in [-0.05, 0) is 31.7 Å². The van der Waals surface area contributed by atoms with Gasteiger partial charge in [-0.25, -0.2) is 4.79 Å². The highest BCUT2D eigenvalue weighted by atomic mass is 16.3. The molecule has 6 nitrogen and oxygen atoms in total. The lowest BCUT2D eigenvalue weighted by atomic mass is 9.93. The second kappa shape index (κ2) is 4.25. The number of aryl methyl sites for hydroxylation is 1. The zero-order chi connectivity index (χ0) is 15.5. The quantitative estimate of drug-likeness (QED) is 0.753. The third-order valence-electron chi connectivity index (χ3n) is 4.68. The molecule has 2 fully saturated rings. The zero-order valence-electron chi connectivity index (χ0n) is 12.2. The Morgan fingerprint density at radius 1 is 1.36 bits per heavy atom. The van der Waals surface area contributed by atoms with Crippen LogP contribution in [0.15, 0.2) is 24.4 Å². The lowest BCUT2D eigenvalue weighted by Crippen LogP contribution is -2.52. The van der Waals surface area contributed by atoms with E-state index in [0.29, 0.717) is 0 Å². The summed E-state index contributed by atoms with van der Waals surface area (Å²) in [5, 5.41) is 17.2. The molecule has 1 aromatic heterocycles. The zero-order valence-corrected chi connectivity index (χ0v) is 12.2. The predicted molar refractivity (Wildman–Crippen MR) is 80.5 cm³/mol. The molecule has 0 spiro atoms. The Balaban J connectivity index is 1.77. The maximum Gasteiger partial charge on any atom is 0.322 e. The third-order valence-corrected chi connectivity index (χ3v) is 4.68. The molecular formula is C16H17N3O3. The van der Waals surface area contributed by atoms with Crippen molar-refractivity contribution in [1.82, 2.24) is 15.2 Å². The minimum absolute atomic E-state index is 0.130. The monoisotopic (exact) mass is 299 g/mol. The van der Waals surface area contributed by atoms with Gasteiger partial charge in [0.15, 0.2) is 5.88 Å². The summed E-state index contributed by atoms with van der Waals surface area (Å²) in [6.45, 7) is 2.21. The number of carbonyl (C=O) groups excluding carboxylic acids is 2. The maximum absolute atomic E-state index is 12.3. The van der Waals surface area contributed by atoms with E-state index in [1.807, 2.05) is 31.3 Å². The summed E-state index contributed by atoms with van der Waals surface area (Å²) < 4.78 is 1.66. The van der Waals surface area contributed by atoms with Gasteiger partial charge in [0.05, 0.1) is 6.54 Å². The normalized spacial score (nSPS) is 24.6. The lowest BCUT2D eigenvalue weighted by molar-refractivity contribution is -0.125. The number of hydrogen-bond donors (Lipinski definition) is 3. The van der Waals surface area contributed by atoms with E-state index in [1.165, 1.54) is 0 Å². The van der Waals surface area contributed by atoms with Gasteiger partial charge >= 0.3 is 6.03 Å². The van der Waals surface area contributed by atoms with Crippen LogP contribution in [0.3, 0.4) is 0 Å². The summed E-state index contributed by atoms with van der Waals surface area (Å²) in [6.07, 6.45) is 3.65. The molecule has 2 heterocycles. The number of urea groups is 1. The van der Waals surface area contributed by atoms with E-state index < -0.39 is 11.6 Å². The Morgan fingerprint density at radius 2 is 2.14 bits per heavy atom.